The Hall–Kier alpha value is 0.140. The summed E-state index contributed by atoms with van der Waals surface area (Å²) in [6.07, 6.45) is 1.15. The van der Waals surface area contributed by atoms with Gasteiger partial charge in [-0.15, -0.1) is 11.3 Å². The minimum Gasteiger partial charge on any atom is -0.316 e. The van der Waals surface area contributed by atoms with Crippen molar-refractivity contribution in [1.82, 2.24) is 5.32 Å². The zero-order valence-electron chi connectivity index (χ0n) is 10.6. The second-order valence-corrected chi connectivity index (χ2v) is 6.81. The first-order chi connectivity index (χ1) is 7.49. The Bertz CT molecular complexity index is 321. The van der Waals surface area contributed by atoms with E-state index in [9.17, 15) is 0 Å². The van der Waals surface area contributed by atoms with Gasteiger partial charge in [-0.3, -0.25) is 0 Å². The molecule has 92 valence electrons. The van der Waals surface area contributed by atoms with Crippen LogP contribution in [0.4, 0.5) is 0 Å². The Morgan fingerprint density at radius 1 is 1.50 bits per heavy atom. The molecule has 0 spiro atoms. The molecule has 1 nitrogen and oxygen atoms in total. The van der Waals surface area contributed by atoms with E-state index in [4.69, 9.17) is 0 Å². The van der Waals surface area contributed by atoms with Crippen molar-refractivity contribution < 1.29 is 0 Å². The lowest BCUT2D eigenvalue weighted by molar-refractivity contribution is 0.210. The van der Waals surface area contributed by atoms with Crippen LogP contribution in [0.2, 0.25) is 0 Å². The number of nitrogens with one attached hydrogen (secondary N) is 1. The topological polar surface area (TPSA) is 12.0 Å². The van der Waals surface area contributed by atoms with Gasteiger partial charge in [-0.1, -0.05) is 27.7 Å². The summed E-state index contributed by atoms with van der Waals surface area (Å²) in [5.74, 6) is 0.681. The van der Waals surface area contributed by atoms with Gasteiger partial charge in [0.25, 0.3) is 0 Å². The predicted molar refractivity (Wildman–Crippen MR) is 77.2 cm³/mol. The van der Waals surface area contributed by atoms with Crippen LogP contribution in [-0.4, -0.2) is 13.1 Å². The Morgan fingerprint density at radius 2 is 2.19 bits per heavy atom. The largest absolute Gasteiger partial charge is 0.316 e. The summed E-state index contributed by atoms with van der Waals surface area (Å²) < 4.78 is 1.26. The maximum Gasteiger partial charge on any atom is 0.0314 e. The van der Waals surface area contributed by atoms with Gasteiger partial charge in [0, 0.05) is 15.9 Å². The molecule has 1 heterocycles. The standard InChI is InChI=1S/C13H22BrNS/c1-5-15-9-13(4,10(2)3)8-12-11(14)6-7-16-12/h6-7,10,15H,5,8-9H2,1-4H3. The summed E-state index contributed by atoms with van der Waals surface area (Å²) in [5, 5.41) is 5.65. The zero-order chi connectivity index (χ0) is 12.2. The van der Waals surface area contributed by atoms with Crippen molar-refractivity contribution in [1.29, 1.82) is 0 Å². The van der Waals surface area contributed by atoms with Crippen LogP contribution in [0.5, 0.6) is 0 Å². The van der Waals surface area contributed by atoms with E-state index in [1.54, 1.807) is 0 Å². The van der Waals surface area contributed by atoms with Gasteiger partial charge in [0.1, 0.15) is 0 Å². The molecular weight excluding hydrogens is 282 g/mol. The van der Waals surface area contributed by atoms with Crippen molar-refractivity contribution in [2.45, 2.75) is 34.1 Å². The van der Waals surface area contributed by atoms with Crippen molar-refractivity contribution in [3.63, 3.8) is 0 Å². The summed E-state index contributed by atoms with van der Waals surface area (Å²) in [4.78, 5) is 1.47. The molecule has 1 aromatic rings. The highest BCUT2D eigenvalue weighted by atomic mass is 79.9. The quantitative estimate of drug-likeness (QED) is 0.825. The van der Waals surface area contributed by atoms with Gasteiger partial charge in [-0.25, -0.2) is 0 Å². The van der Waals surface area contributed by atoms with E-state index in [2.05, 4.69) is 60.4 Å². The van der Waals surface area contributed by atoms with Gasteiger partial charge in [0.2, 0.25) is 0 Å². The highest BCUT2D eigenvalue weighted by Gasteiger charge is 2.29. The first kappa shape index (κ1) is 14.2. The lowest BCUT2D eigenvalue weighted by Crippen LogP contribution is -2.37. The molecule has 0 radical (unpaired) electrons. The Kier molecular flexibility index (Phi) is 5.48. The van der Waals surface area contributed by atoms with Gasteiger partial charge in [-0.05, 0) is 51.7 Å². The third-order valence-corrected chi connectivity index (χ3v) is 5.35. The van der Waals surface area contributed by atoms with Crippen molar-refractivity contribution >= 4 is 27.3 Å². The van der Waals surface area contributed by atoms with E-state index < -0.39 is 0 Å². The molecule has 0 aliphatic rings. The fourth-order valence-corrected chi connectivity index (χ4v) is 3.39. The molecule has 1 rings (SSSR count). The maximum atomic E-state index is 3.63. The van der Waals surface area contributed by atoms with Gasteiger partial charge >= 0.3 is 0 Å². The van der Waals surface area contributed by atoms with E-state index >= 15 is 0 Å². The maximum absolute atomic E-state index is 3.63. The number of hydrogen-bond donors (Lipinski definition) is 1. The summed E-state index contributed by atoms with van der Waals surface area (Å²) in [7, 11) is 0. The molecule has 0 saturated carbocycles. The van der Waals surface area contributed by atoms with Gasteiger partial charge in [0.05, 0.1) is 0 Å². The third kappa shape index (κ3) is 3.57. The fourth-order valence-electron chi connectivity index (χ4n) is 1.70. The number of hydrogen-bond acceptors (Lipinski definition) is 2. The minimum atomic E-state index is 0.337. The van der Waals surface area contributed by atoms with Crippen LogP contribution < -0.4 is 5.32 Å². The SMILES string of the molecule is CCNCC(C)(Cc1sccc1Br)C(C)C. The van der Waals surface area contributed by atoms with E-state index in [0.29, 0.717) is 11.3 Å². The molecule has 1 unspecified atom stereocenters. The summed E-state index contributed by atoms with van der Waals surface area (Å²) >= 11 is 5.48. The molecule has 0 fully saturated rings. The van der Waals surface area contributed by atoms with Crippen molar-refractivity contribution in [2.24, 2.45) is 11.3 Å². The lowest BCUT2D eigenvalue weighted by atomic mass is 9.76. The second kappa shape index (κ2) is 6.18. The molecule has 0 amide bonds. The summed E-state index contributed by atoms with van der Waals surface area (Å²) in [6.45, 7) is 11.3. The average molecular weight is 304 g/mol. The van der Waals surface area contributed by atoms with Crippen molar-refractivity contribution in [3.05, 3.63) is 20.8 Å². The molecule has 1 atom stereocenters. The smallest absolute Gasteiger partial charge is 0.0314 e. The van der Waals surface area contributed by atoms with E-state index in [1.165, 1.54) is 9.35 Å². The molecule has 0 aliphatic carbocycles. The average Bonchev–Trinajstić information content (AvgIpc) is 2.61. The van der Waals surface area contributed by atoms with Crippen LogP contribution in [0.15, 0.2) is 15.9 Å². The minimum absolute atomic E-state index is 0.337. The van der Waals surface area contributed by atoms with Crippen molar-refractivity contribution in [3.8, 4) is 0 Å². The van der Waals surface area contributed by atoms with E-state index in [1.807, 2.05) is 11.3 Å². The van der Waals surface area contributed by atoms with Crippen LogP contribution in [0.3, 0.4) is 0 Å². The zero-order valence-corrected chi connectivity index (χ0v) is 13.0. The van der Waals surface area contributed by atoms with Crippen LogP contribution in [0.1, 0.15) is 32.6 Å². The fraction of sp³-hybridized carbons (Fsp3) is 0.692. The third-order valence-electron chi connectivity index (χ3n) is 3.43. The Morgan fingerprint density at radius 3 is 2.62 bits per heavy atom. The molecular formula is C13H22BrNS. The van der Waals surface area contributed by atoms with Gasteiger partial charge < -0.3 is 5.32 Å². The van der Waals surface area contributed by atoms with Crippen molar-refractivity contribution in [2.75, 3.05) is 13.1 Å². The lowest BCUT2D eigenvalue weighted by Gasteiger charge is -2.34. The number of halogens is 1. The molecule has 3 heteroatoms. The molecule has 0 bridgehead atoms. The van der Waals surface area contributed by atoms with Crippen LogP contribution in [0.25, 0.3) is 0 Å². The first-order valence-electron chi connectivity index (χ1n) is 5.92. The molecule has 1 aromatic heterocycles. The number of thiophene rings is 1. The van der Waals surface area contributed by atoms with Crippen LogP contribution >= 0.6 is 27.3 Å². The number of rotatable bonds is 6. The summed E-state index contributed by atoms with van der Waals surface area (Å²) in [5.41, 5.74) is 0.337. The van der Waals surface area contributed by atoms with Gasteiger partial charge in [0.15, 0.2) is 0 Å². The molecule has 0 saturated heterocycles. The molecule has 0 aliphatic heterocycles. The Balaban J connectivity index is 2.75. The molecule has 16 heavy (non-hydrogen) atoms. The van der Waals surface area contributed by atoms with E-state index in [-0.39, 0.29) is 0 Å². The van der Waals surface area contributed by atoms with E-state index in [0.717, 1.165) is 19.5 Å². The monoisotopic (exact) mass is 303 g/mol. The second-order valence-electron chi connectivity index (χ2n) is 4.96. The first-order valence-corrected chi connectivity index (χ1v) is 7.59. The van der Waals surface area contributed by atoms with Gasteiger partial charge in [-0.2, -0.15) is 0 Å². The predicted octanol–water partition coefficient (Wildman–Crippen LogP) is 4.32. The highest BCUT2D eigenvalue weighted by Crippen LogP contribution is 2.35. The molecule has 1 N–H and O–H groups in total. The Labute approximate surface area is 112 Å². The normalized spacial score (nSPS) is 15.4. The van der Waals surface area contributed by atoms with Crippen LogP contribution in [-0.2, 0) is 6.42 Å². The summed E-state index contributed by atoms with van der Waals surface area (Å²) in [6, 6.07) is 2.15. The highest BCUT2D eigenvalue weighted by molar-refractivity contribution is 9.10. The van der Waals surface area contributed by atoms with Crippen LogP contribution in [0, 0.1) is 11.3 Å². The molecule has 0 aromatic carbocycles.